The minimum atomic E-state index is 0.821. The molecule has 0 fully saturated rings. The molecule has 1 aromatic rings. The smallest absolute Gasteiger partial charge is 0.126 e. The highest BCUT2D eigenvalue weighted by Gasteiger charge is 2.13. The van der Waals surface area contributed by atoms with Gasteiger partial charge in [-0.3, -0.25) is 0 Å². The van der Waals surface area contributed by atoms with Crippen molar-refractivity contribution in [3.8, 4) is 0 Å². The first-order valence-electron chi connectivity index (χ1n) is 3.81. The number of aromatic nitrogens is 2. The lowest BCUT2D eigenvalue weighted by Gasteiger charge is -2.15. The Balaban J connectivity index is 2.50. The fourth-order valence-electron chi connectivity index (χ4n) is 1.42. The first-order valence-corrected chi connectivity index (χ1v) is 3.81. The zero-order valence-electron chi connectivity index (χ0n) is 6.59. The monoisotopic (exact) mass is 152 g/mol. The third-order valence-electron chi connectivity index (χ3n) is 2.07. The Morgan fingerprint density at radius 3 is 3.18 bits per heavy atom. The number of anilines is 1. The van der Waals surface area contributed by atoms with Crippen LogP contribution in [0.3, 0.4) is 0 Å². The third-order valence-corrected chi connectivity index (χ3v) is 2.07. The molecular formula is C7H12N4. The number of imidazole rings is 1. The number of aryl methyl sites for hydroxylation is 1. The average molecular weight is 152 g/mol. The van der Waals surface area contributed by atoms with Crippen LogP contribution < -0.4 is 11.1 Å². The van der Waals surface area contributed by atoms with Gasteiger partial charge in [-0.05, 0) is 6.92 Å². The van der Waals surface area contributed by atoms with Crippen LogP contribution in [-0.4, -0.2) is 16.1 Å². The van der Waals surface area contributed by atoms with Gasteiger partial charge < -0.3 is 15.6 Å². The maximum absolute atomic E-state index is 5.80. The van der Waals surface area contributed by atoms with Gasteiger partial charge in [-0.1, -0.05) is 0 Å². The molecule has 1 aliphatic rings. The molecule has 0 bridgehead atoms. The SMILES string of the molecule is Cc1nc2n(c1N)CCNC2. The number of nitrogens with one attached hydrogen (secondary N) is 1. The Morgan fingerprint density at radius 2 is 2.45 bits per heavy atom. The Kier molecular flexibility index (Phi) is 1.35. The summed E-state index contributed by atoms with van der Waals surface area (Å²) in [6, 6.07) is 0. The second-order valence-corrected chi connectivity index (χ2v) is 2.83. The number of hydrogen-bond donors (Lipinski definition) is 2. The first-order chi connectivity index (χ1) is 5.29. The Hall–Kier alpha value is -1.03. The molecule has 0 spiro atoms. The number of hydrogen-bond acceptors (Lipinski definition) is 3. The molecule has 4 nitrogen and oxygen atoms in total. The van der Waals surface area contributed by atoms with Crippen molar-refractivity contribution in [3.05, 3.63) is 11.5 Å². The number of nitrogens with two attached hydrogens (primary N) is 1. The van der Waals surface area contributed by atoms with Crippen molar-refractivity contribution in [2.45, 2.75) is 20.0 Å². The van der Waals surface area contributed by atoms with Crippen molar-refractivity contribution < 1.29 is 0 Å². The van der Waals surface area contributed by atoms with Crippen LogP contribution in [0.4, 0.5) is 5.82 Å². The van der Waals surface area contributed by atoms with Crippen LogP contribution in [0.2, 0.25) is 0 Å². The van der Waals surface area contributed by atoms with E-state index in [0.29, 0.717) is 0 Å². The lowest BCUT2D eigenvalue weighted by atomic mass is 10.4. The van der Waals surface area contributed by atoms with Gasteiger partial charge in [-0.15, -0.1) is 0 Å². The van der Waals surface area contributed by atoms with Gasteiger partial charge in [-0.2, -0.15) is 0 Å². The molecule has 0 saturated carbocycles. The number of nitrogens with zero attached hydrogens (tertiary/aromatic N) is 2. The van der Waals surface area contributed by atoms with Crippen molar-refractivity contribution >= 4 is 5.82 Å². The minimum absolute atomic E-state index is 0.821. The number of nitrogen functional groups attached to an aromatic ring is 1. The molecule has 4 heteroatoms. The third kappa shape index (κ3) is 0.903. The molecule has 3 N–H and O–H groups in total. The summed E-state index contributed by atoms with van der Waals surface area (Å²) in [4.78, 5) is 4.33. The molecule has 60 valence electrons. The van der Waals surface area contributed by atoms with E-state index in [0.717, 1.165) is 37.0 Å². The summed E-state index contributed by atoms with van der Waals surface area (Å²) in [5.41, 5.74) is 6.74. The Morgan fingerprint density at radius 1 is 1.64 bits per heavy atom. The van der Waals surface area contributed by atoms with E-state index in [-0.39, 0.29) is 0 Å². The van der Waals surface area contributed by atoms with Crippen LogP contribution in [0, 0.1) is 6.92 Å². The molecule has 11 heavy (non-hydrogen) atoms. The first kappa shape index (κ1) is 6.67. The van der Waals surface area contributed by atoms with Gasteiger partial charge in [0.15, 0.2) is 0 Å². The lowest BCUT2D eigenvalue weighted by Crippen LogP contribution is -2.28. The van der Waals surface area contributed by atoms with Crippen LogP contribution in [0.25, 0.3) is 0 Å². The van der Waals surface area contributed by atoms with Gasteiger partial charge in [0.2, 0.25) is 0 Å². The summed E-state index contributed by atoms with van der Waals surface area (Å²) in [6.45, 7) is 4.73. The number of rotatable bonds is 0. The van der Waals surface area contributed by atoms with E-state index in [4.69, 9.17) is 5.73 Å². The summed E-state index contributed by atoms with van der Waals surface area (Å²) in [5.74, 6) is 1.88. The number of fused-ring (bicyclic) bond motifs is 1. The largest absolute Gasteiger partial charge is 0.384 e. The molecule has 0 unspecified atom stereocenters. The van der Waals surface area contributed by atoms with Gasteiger partial charge in [0.25, 0.3) is 0 Å². The summed E-state index contributed by atoms with van der Waals surface area (Å²) in [7, 11) is 0. The van der Waals surface area contributed by atoms with Crippen LogP contribution in [0.5, 0.6) is 0 Å². The predicted molar refractivity (Wildman–Crippen MR) is 43.1 cm³/mol. The van der Waals surface area contributed by atoms with Crippen molar-refractivity contribution in [3.63, 3.8) is 0 Å². The standard InChI is InChI=1S/C7H12N4/c1-5-7(8)11-3-2-9-4-6(11)10-5/h9H,2-4,8H2,1H3. The Labute approximate surface area is 65.4 Å². The molecular weight excluding hydrogens is 140 g/mol. The highest BCUT2D eigenvalue weighted by atomic mass is 15.2. The summed E-state index contributed by atoms with van der Waals surface area (Å²) >= 11 is 0. The quantitative estimate of drug-likeness (QED) is 0.545. The minimum Gasteiger partial charge on any atom is -0.384 e. The zero-order chi connectivity index (χ0) is 7.84. The van der Waals surface area contributed by atoms with E-state index in [2.05, 4.69) is 14.9 Å². The van der Waals surface area contributed by atoms with Gasteiger partial charge in [0.1, 0.15) is 11.6 Å². The van der Waals surface area contributed by atoms with E-state index < -0.39 is 0 Å². The highest BCUT2D eigenvalue weighted by molar-refractivity contribution is 5.37. The van der Waals surface area contributed by atoms with Crippen LogP contribution in [0.1, 0.15) is 11.5 Å². The van der Waals surface area contributed by atoms with Gasteiger partial charge >= 0.3 is 0 Å². The zero-order valence-corrected chi connectivity index (χ0v) is 6.59. The second kappa shape index (κ2) is 2.23. The normalized spacial score (nSPS) is 16.5. The maximum atomic E-state index is 5.80. The van der Waals surface area contributed by atoms with Crippen LogP contribution in [-0.2, 0) is 13.1 Å². The molecule has 0 atom stereocenters. The van der Waals surface area contributed by atoms with E-state index >= 15 is 0 Å². The summed E-state index contributed by atoms with van der Waals surface area (Å²) in [6.07, 6.45) is 0. The van der Waals surface area contributed by atoms with Crippen molar-refractivity contribution in [2.75, 3.05) is 12.3 Å². The van der Waals surface area contributed by atoms with E-state index in [1.165, 1.54) is 0 Å². The lowest BCUT2D eigenvalue weighted by molar-refractivity contribution is 0.509. The molecule has 0 aromatic carbocycles. The molecule has 2 heterocycles. The van der Waals surface area contributed by atoms with Gasteiger partial charge in [0.05, 0.1) is 12.2 Å². The van der Waals surface area contributed by atoms with Crippen molar-refractivity contribution in [1.82, 2.24) is 14.9 Å². The molecule has 0 aliphatic carbocycles. The molecule has 0 radical (unpaired) electrons. The van der Waals surface area contributed by atoms with Crippen molar-refractivity contribution in [2.24, 2.45) is 0 Å². The fraction of sp³-hybridized carbons (Fsp3) is 0.571. The molecule has 0 saturated heterocycles. The maximum Gasteiger partial charge on any atom is 0.126 e. The van der Waals surface area contributed by atoms with Gasteiger partial charge in [-0.25, -0.2) is 4.98 Å². The molecule has 1 aliphatic heterocycles. The highest BCUT2D eigenvalue weighted by Crippen LogP contribution is 2.14. The Bertz CT molecular complexity index is 276. The second-order valence-electron chi connectivity index (χ2n) is 2.83. The summed E-state index contributed by atoms with van der Waals surface area (Å²) in [5, 5.41) is 3.24. The summed E-state index contributed by atoms with van der Waals surface area (Å²) < 4.78 is 2.08. The topological polar surface area (TPSA) is 55.9 Å². The van der Waals surface area contributed by atoms with Crippen molar-refractivity contribution in [1.29, 1.82) is 0 Å². The van der Waals surface area contributed by atoms with Gasteiger partial charge in [0, 0.05) is 13.1 Å². The van der Waals surface area contributed by atoms with E-state index in [1.807, 2.05) is 6.92 Å². The van der Waals surface area contributed by atoms with Crippen LogP contribution >= 0.6 is 0 Å². The molecule has 1 aromatic heterocycles. The van der Waals surface area contributed by atoms with Crippen LogP contribution in [0.15, 0.2) is 0 Å². The van der Waals surface area contributed by atoms with E-state index in [1.54, 1.807) is 0 Å². The molecule has 2 rings (SSSR count). The molecule has 0 amide bonds. The van der Waals surface area contributed by atoms with E-state index in [9.17, 15) is 0 Å². The predicted octanol–water partition coefficient (Wildman–Crippen LogP) is -0.123. The average Bonchev–Trinajstić information content (AvgIpc) is 2.30. The fourth-order valence-corrected chi connectivity index (χ4v) is 1.42.